The van der Waals surface area contributed by atoms with E-state index in [1.807, 2.05) is 17.8 Å². The predicted molar refractivity (Wildman–Crippen MR) is 67.3 cm³/mol. The van der Waals surface area contributed by atoms with Crippen LogP contribution in [-0.2, 0) is 6.54 Å². The topological polar surface area (TPSA) is 24.4 Å². The van der Waals surface area contributed by atoms with E-state index in [0.29, 0.717) is 6.04 Å². The SMILES string of the molecule is CC1CCSC(=NCc2ccccc2)N1. The summed E-state index contributed by atoms with van der Waals surface area (Å²) in [6.07, 6.45) is 1.23. The molecule has 80 valence electrons. The van der Waals surface area contributed by atoms with Crippen LogP contribution in [0.1, 0.15) is 18.9 Å². The molecule has 0 saturated carbocycles. The summed E-state index contributed by atoms with van der Waals surface area (Å²) in [5, 5.41) is 4.49. The van der Waals surface area contributed by atoms with Crippen molar-refractivity contribution in [3.8, 4) is 0 Å². The van der Waals surface area contributed by atoms with Gasteiger partial charge < -0.3 is 5.32 Å². The molecule has 1 atom stereocenters. The smallest absolute Gasteiger partial charge is 0.157 e. The third kappa shape index (κ3) is 3.27. The van der Waals surface area contributed by atoms with Gasteiger partial charge in [0.1, 0.15) is 0 Å². The van der Waals surface area contributed by atoms with Crippen LogP contribution in [0.15, 0.2) is 35.3 Å². The van der Waals surface area contributed by atoms with Gasteiger partial charge in [0.2, 0.25) is 0 Å². The molecule has 1 saturated heterocycles. The number of hydrogen-bond acceptors (Lipinski definition) is 2. The Morgan fingerprint density at radius 3 is 2.93 bits per heavy atom. The molecule has 2 nitrogen and oxygen atoms in total. The van der Waals surface area contributed by atoms with E-state index in [1.54, 1.807) is 0 Å². The second-order valence-electron chi connectivity index (χ2n) is 3.79. The lowest BCUT2D eigenvalue weighted by Crippen LogP contribution is -2.35. The number of rotatable bonds is 2. The summed E-state index contributed by atoms with van der Waals surface area (Å²) >= 11 is 1.83. The molecule has 1 aromatic carbocycles. The van der Waals surface area contributed by atoms with Crippen LogP contribution in [0.25, 0.3) is 0 Å². The first-order valence-corrected chi connectivity index (χ1v) is 6.31. The van der Waals surface area contributed by atoms with Crippen molar-refractivity contribution in [2.24, 2.45) is 4.99 Å². The molecule has 1 aromatic rings. The minimum Gasteiger partial charge on any atom is -0.362 e. The van der Waals surface area contributed by atoms with Crippen LogP contribution in [-0.4, -0.2) is 17.0 Å². The zero-order valence-corrected chi connectivity index (χ0v) is 9.76. The molecule has 1 unspecified atom stereocenters. The molecule has 3 heteroatoms. The fourth-order valence-electron chi connectivity index (χ4n) is 1.49. The quantitative estimate of drug-likeness (QED) is 0.828. The molecule has 0 bridgehead atoms. The van der Waals surface area contributed by atoms with Crippen molar-refractivity contribution in [2.45, 2.75) is 25.9 Å². The Morgan fingerprint density at radius 1 is 1.40 bits per heavy atom. The molecule has 1 aliphatic rings. The van der Waals surface area contributed by atoms with Gasteiger partial charge in [0.15, 0.2) is 5.17 Å². The number of nitrogens with zero attached hydrogens (tertiary/aromatic N) is 1. The lowest BCUT2D eigenvalue weighted by atomic mass is 10.2. The van der Waals surface area contributed by atoms with E-state index in [4.69, 9.17) is 0 Å². The average Bonchev–Trinajstić information content (AvgIpc) is 2.28. The number of hydrogen-bond donors (Lipinski definition) is 1. The highest BCUT2D eigenvalue weighted by molar-refractivity contribution is 8.13. The van der Waals surface area contributed by atoms with Crippen molar-refractivity contribution in [1.29, 1.82) is 0 Å². The summed E-state index contributed by atoms with van der Waals surface area (Å²) in [5.41, 5.74) is 1.27. The fraction of sp³-hybridized carbons (Fsp3) is 0.417. The van der Waals surface area contributed by atoms with E-state index in [0.717, 1.165) is 11.7 Å². The highest BCUT2D eigenvalue weighted by Crippen LogP contribution is 2.14. The molecular formula is C12H16N2S. The maximum Gasteiger partial charge on any atom is 0.157 e. The summed E-state index contributed by atoms with van der Waals surface area (Å²) in [6, 6.07) is 10.9. The Morgan fingerprint density at radius 2 is 2.20 bits per heavy atom. The minimum atomic E-state index is 0.570. The molecule has 0 aliphatic carbocycles. The van der Waals surface area contributed by atoms with E-state index >= 15 is 0 Å². The van der Waals surface area contributed by atoms with Crippen molar-refractivity contribution in [3.63, 3.8) is 0 Å². The second-order valence-corrected chi connectivity index (χ2v) is 4.87. The second kappa shape index (κ2) is 5.21. The number of thioether (sulfide) groups is 1. The third-order valence-corrected chi connectivity index (χ3v) is 3.37. The van der Waals surface area contributed by atoms with Gasteiger partial charge in [0.05, 0.1) is 6.54 Å². The third-order valence-electron chi connectivity index (χ3n) is 2.41. The average molecular weight is 220 g/mol. The van der Waals surface area contributed by atoms with Crippen molar-refractivity contribution in [3.05, 3.63) is 35.9 Å². The van der Waals surface area contributed by atoms with Crippen LogP contribution in [0, 0.1) is 0 Å². The maximum absolute atomic E-state index is 4.57. The lowest BCUT2D eigenvalue weighted by Gasteiger charge is -2.21. The van der Waals surface area contributed by atoms with Crippen LogP contribution >= 0.6 is 11.8 Å². The normalized spacial score (nSPS) is 23.8. The van der Waals surface area contributed by atoms with Crippen LogP contribution < -0.4 is 5.32 Å². The molecule has 1 aliphatic heterocycles. The van der Waals surface area contributed by atoms with Gasteiger partial charge in [-0.05, 0) is 18.9 Å². The standard InChI is InChI=1S/C12H16N2S/c1-10-7-8-15-12(14-10)13-9-11-5-3-2-4-6-11/h2-6,10H,7-9H2,1H3,(H,13,14). The number of amidine groups is 1. The molecule has 1 heterocycles. The van der Waals surface area contributed by atoms with E-state index in [2.05, 4.69) is 41.5 Å². The first kappa shape index (κ1) is 10.6. The molecule has 15 heavy (non-hydrogen) atoms. The minimum absolute atomic E-state index is 0.570. The first-order valence-electron chi connectivity index (χ1n) is 5.32. The van der Waals surface area contributed by atoms with Crippen LogP contribution in [0.2, 0.25) is 0 Å². The molecule has 0 aromatic heterocycles. The van der Waals surface area contributed by atoms with E-state index in [1.165, 1.54) is 17.7 Å². The molecular weight excluding hydrogens is 204 g/mol. The van der Waals surface area contributed by atoms with Gasteiger partial charge >= 0.3 is 0 Å². The Bertz CT molecular complexity index is 335. The monoisotopic (exact) mass is 220 g/mol. The summed E-state index contributed by atoms with van der Waals surface area (Å²) in [7, 11) is 0. The summed E-state index contributed by atoms with van der Waals surface area (Å²) in [5.74, 6) is 1.18. The molecule has 0 spiro atoms. The number of aliphatic imine (C=N–C) groups is 1. The maximum atomic E-state index is 4.57. The van der Waals surface area contributed by atoms with Crippen LogP contribution in [0.4, 0.5) is 0 Å². The van der Waals surface area contributed by atoms with E-state index < -0.39 is 0 Å². The van der Waals surface area contributed by atoms with Gasteiger partial charge in [-0.3, -0.25) is 4.99 Å². The van der Waals surface area contributed by atoms with Crippen molar-refractivity contribution < 1.29 is 0 Å². The number of nitrogens with one attached hydrogen (secondary N) is 1. The molecule has 1 N–H and O–H groups in total. The molecule has 0 amide bonds. The van der Waals surface area contributed by atoms with Gasteiger partial charge in [0, 0.05) is 11.8 Å². The van der Waals surface area contributed by atoms with E-state index in [9.17, 15) is 0 Å². The van der Waals surface area contributed by atoms with Gasteiger partial charge in [-0.2, -0.15) is 0 Å². The van der Waals surface area contributed by atoms with Crippen LogP contribution in [0.3, 0.4) is 0 Å². The van der Waals surface area contributed by atoms with Crippen molar-refractivity contribution in [2.75, 3.05) is 5.75 Å². The molecule has 1 fully saturated rings. The Balaban J connectivity index is 1.93. The highest BCUT2D eigenvalue weighted by atomic mass is 32.2. The summed E-state index contributed by atoms with van der Waals surface area (Å²) in [6.45, 7) is 2.99. The zero-order chi connectivity index (χ0) is 10.5. The van der Waals surface area contributed by atoms with Crippen LogP contribution in [0.5, 0.6) is 0 Å². The van der Waals surface area contributed by atoms with Crippen molar-refractivity contribution >= 4 is 16.9 Å². The summed E-state index contributed by atoms with van der Waals surface area (Å²) < 4.78 is 0. The van der Waals surface area contributed by atoms with E-state index in [-0.39, 0.29) is 0 Å². The van der Waals surface area contributed by atoms with Gasteiger partial charge in [-0.25, -0.2) is 0 Å². The molecule has 2 rings (SSSR count). The Hall–Kier alpha value is -0.960. The lowest BCUT2D eigenvalue weighted by molar-refractivity contribution is 0.642. The van der Waals surface area contributed by atoms with Crippen molar-refractivity contribution in [1.82, 2.24) is 5.32 Å². The molecule has 0 radical (unpaired) electrons. The Labute approximate surface area is 95.2 Å². The van der Waals surface area contributed by atoms with Gasteiger partial charge in [-0.1, -0.05) is 42.1 Å². The predicted octanol–water partition coefficient (Wildman–Crippen LogP) is 2.66. The zero-order valence-electron chi connectivity index (χ0n) is 8.94. The highest BCUT2D eigenvalue weighted by Gasteiger charge is 2.12. The van der Waals surface area contributed by atoms with Gasteiger partial charge in [-0.15, -0.1) is 0 Å². The van der Waals surface area contributed by atoms with Gasteiger partial charge in [0.25, 0.3) is 0 Å². The number of benzene rings is 1. The fourth-order valence-corrected chi connectivity index (χ4v) is 2.60. The largest absolute Gasteiger partial charge is 0.362 e. The Kier molecular flexibility index (Phi) is 3.67. The first-order chi connectivity index (χ1) is 7.34. The summed E-state index contributed by atoms with van der Waals surface area (Å²) in [4.78, 5) is 4.57.